The van der Waals surface area contributed by atoms with Crippen LogP contribution in [0, 0.1) is 34.5 Å². The van der Waals surface area contributed by atoms with Crippen molar-refractivity contribution in [2.75, 3.05) is 6.61 Å². The standard InChI is InChI=1S/C39H64O16/c1-15(40)25-23(41)13-22-20-7-6-18-12-19(8-10-38(18,4)21(20)9-11-39(22,25)5)53-37-34(55-36-33(49)30(46)27(43)17(3)52-36)31(47)28(44)24(54-37)14-50-35-32(48)29(45)26(42)16(2)51-35/h6,15-17,19-37,40-49H,7-14H2,1-5H3/t15?,16-,17-,19-,20+,21-,22-,23-,24+,25-,26-,27-,28+,29+,30+,31-,32+,33+,34+,35+,36-,37+,38-,39-/m0/s1. The van der Waals surface area contributed by atoms with Gasteiger partial charge >= 0.3 is 0 Å². The zero-order chi connectivity index (χ0) is 39.9. The summed E-state index contributed by atoms with van der Waals surface area (Å²) in [6, 6.07) is 0. The second kappa shape index (κ2) is 15.9. The Kier molecular flexibility index (Phi) is 12.2. The average molecular weight is 789 g/mol. The van der Waals surface area contributed by atoms with Gasteiger partial charge in [-0.15, -0.1) is 0 Å². The van der Waals surface area contributed by atoms with Crippen molar-refractivity contribution in [1.82, 2.24) is 0 Å². The molecule has 0 spiro atoms. The summed E-state index contributed by atoms with van der Waals surface area (Å²) in [6.07, 6.45) is -14.9. The topological polar surface area (TPSA) is 258 Å². The fraction of sp³-hybridized carbons (Fsp3) is 0.949. The fourth-order valence-corrected chi connectivity index (χ4v) is 11.8. The predicted octanol–water partition coefficient (Wildman–Crippen LogP) is -1.19. The SMILES string of the molecule is CC(O)[C@H]1[C@@H](O)C[C@H]2[C@@H]3CC=C4C[C@@H](O[C@@H]5O[C@H](CO[C@@H]6O[C@@H](C)[C@H](O)[C@@H](O)[C@H]6O)[C@@H](O)[C@H](O)[C@H]5O[C@@H]5O[C@@H](C)[C@H](O)[C@@H](O)[C@H]5O)CC[C@]4(C)[C@H]3CC[C@@]21C. The minimum atomic E-state index is -1.70. The third kappa shape index (κ3) is 7.38. The number of aliphatic hydroxyl groups is 10. The lowest BCUT2D eigenvalue weighted by atomic mass is 9.47. The van der Waals surface area contributed by atoms with Crippen LogP contribution in [0.2, 0.25) is 0 Å². The van der Waals surface area contributed by atoms with E-state index in [9.17, 15) is 51.1 Å². The molecule has 0 aromatic heterocycles. The number of hydrogen-bond donors (Lipinski definition) is 10. The van der Waals surface area contributed by atoms with E-state index in [0.29, 0.717) is 37.0 Å². The maximum Gasteiger partial charge on any atom is 0.187 e. The second-order valence-electron chi connectivity index (χ2n) is 18.2. The molecule has 3 saturated carbocycles. The van der Waals surface area contributed by atoms with Crippen molar-refractivity contribution in [1.29, 1.82) is 0 Å². The van der Waals surface area contributed by atoms with Crippen LogP contribution in [0.3, 0.4) is 0 Å². The molecule has 6 fully saturated rings. The molecule has 16 nitrogen and oxygen atoms in total. The fourth-order valence-electron chi connectivity index (χ4n) is 11.8. The number of allylic oxidation sites excluding steroid dienone is 1. The molecule has 3 aliphatic heterocycles. The molecule has 0 bridgehead atoms. The van der Waals surface area contributed by atoms with Crippen LogP contribution in [0.25, 0.3) is 0 Å². The lowest BCUT2D eigenvalue weighted by molar-refractivity contribution is -0.374. The summed E-state index contributed by atoms with van der Waals surface area (Å²) in [6.45, 7) is 8.94. The van der Waals surface area contributed by atoms with Gasteiger partial charge in [0.1, 0.15) is 61.0 Å². The molecule has 0 aromatic rings. The molecule has 10 N–H and O–H groups in total. The van der Waals surface area contributed by atoms with Crippen LogP contribution in [0.1, 0.15) is 79.6 Å². The Morgan fingerprint density at radius 2 is 1.36 bits per heavy atom. The van der Waals surface area contributed by atoms with Gasteiger partial charge in [0.15, 0.2) is 18.9 Å². The van der Waals surface area contributed by atoms with E-state index in [-0.39, 0.29) is 16.7 Å². The Morgan fingerprint density at radius 3 is 2.02 bits per heavy atom. The zero-order valence-corrected chi connectivity index (χ0v) is 32.4. The van der Waals surface area contributed by atoms with E-state index in [1.165, 1.54) is 19.4 Å². The molecule has 55 heavy (non-hydrogen) atoms. The molecule has 3 saturated heterocycles. The van der Waals surface area contributed by atoms with Gasteiger partial charge in [0.2, 0.25) is 0 Å². The third-order valence-corrected chi connectivity index (χ3v) is 15.0. The van der Waals surface area contributed by atoms with Gasteiger partial charge in [-0.05, 0) is 94.3 Å². The van der Waals surface area contributed by atoms with Gasteiger partial charge < -0.3 is 79.5 Å². The van der Waals surface area contributed by atoms with Gasteiger partial charge in [-0.2, -0.15) is 0 Å². The predicted molar refractivity (Wildman–Crippen MR) is 189 cm³/mol. The second-order valence-corrected chi connectivity index (χ2v) is 18.2. The molecule has 0 aromatic carbocycles. The molecular formula is C39H64O16. The van der Waals surface area contributed by atoms with Crippen molar-refractivity contribution < 1.29 is 79.5 Å². The maximum atomic E-state index is 11.5. The Labute approximate surface area is 322 Å². The molecule has 1 unspecified atom stereocenters. The molecular weight excluding hydrogens is 724 g/mol. The third-order valence-electron chi connectivity index (χ3n) is 15.0. The molecule has 3 heterocycles. The van der Waals surface area contributed by atoms with Crippen molar-refractivity contribution in [3.8, 4) is 0 Å². The van der Waals surface area contributed by atoms with E-state index in [0.717, 1.165) is 25.7 Å². The number of hydrogen-bond acceptors (Lipinski definition) is 16. The van der Waals surface area contributed by atoms with Crippen LogP contribution in [0.15, 0.2) is 11.6 Å². The van der Waals surface area contributed by atoms with Crippen molar-refractivity contribution in [2.45, 2.75) is 190 Å². The number of aliphatic hydroxyl groups excluding tert-OH is 10. The van der Waals surface area contributed by atoms with E-state index in [1.807, 2.05) is 0 Å². The summed E-state index contributed by atoms with van der Waals surface area (Å²) in [5, 5.41) is 107. The highest BCUT2D eigenvalue weighted by Crippen LogP contribution is 2.66. The molecule has 24 atom stereocenters. The molecule has 316 valence electrons. The average Bonchev–Trinajstić information content (AvgIpc) is 3.42. The van der Waals surface area contributed by atoms with Crippen molar-refractivity contribution >= 4 is 0 Å². The highest BCUT2D eigenvalue weighted by atomic mass is 16.8. The first-order valence-corrected chi connectivity index (χ1v) is 20.3. The van der Waals surface area contributed by atoms with Crippen LogP contribution in [0.4, 0.5) is 0 Å². The summed E-state index contributed by atoms with van der Waals surface area (Å²) in [5.74, 6) is 0.953. The first-order valence-electron chi connectivity index (χ1n) is 20.3. The normalized spacial score (nSPS) is 56.2. The van der Waals surface area contributed by atoms with Gasteiger partial charge in [0.25, 0.3) is 0 Å². The number of ether oxygens (including phenoxy) is 6. The largest absolute Gasteiger partial charge is 0.393 e. The summed E-state index contributed by atoms with van der Waals surface area (Å²) >= 11 is 0. The summed E-state index contributed by atoms with van der Waals surface area (Å²) in [4.78, 5) is 0. The van der Waals surface area contributed by atoms with Gasteiger partial charge in [-0.3, -0.25) is 0 Å². The van der Waals surface area contributed by atoms with E-state index in [1.54, 1.807) is 6.92 Å². The van der Waals surface area contributed by atoms with Crippen molar-refractivity contribution in [2.24, 2.45) is 34.5 Å². The van der Waals surface area contributed by atoms with Gasteiger partial charge in [-0.25, -0.2) is 0 Å². The number of rotatable bonds is 8. The van der Waals surface area contributed by atoms with Crippen molar-refractivity contribution in [3.05, 3.63) is 11.6 Å². The van der Waals surface area contributed by atoms with E-state index in [4.69, 9.17) is 28.4 Å². The quantitative estimate of drug-likeness (QED) is 0.130. The highest BCUT2D eigenvalue weighted by molar-refractivity contribution is 5.26. The highest BCUT2D eigenvalue weighted by Gasteiger charge is 2.62. The van der Waals surface area contributed by atoms with Gasteiger partial charge in [0, 0.05) is 5.92 Å². The maximum absolute atomic E-state index is 11.5. The smallest absolute Gasteiger partial charge is 0.187 e. The lowest BCUT2D eigenvalue weighted by Crippen LogP contribution is -2.65. The Bertz CT molecular complexity index is 1370. The Hall–Kier alpha value is -0.900. The monoisotopic (exact) mass is 788 g/mol. The first kappa shape index (κ1) is 42.2. The molecule has 16 heteroatoms. The molecule has 4 aliphatic carbocycles. The zero-order valence-electron chi connectivity index (χ0n) is 32.4. The summed E-state index contributed by atoms with van der Waals surface area (Å²) < 4.78 is 35.8. The summed E-state index contributed by atoms with van der Waals surface area (Å²) in [7, 11) is 0. The van der Waals surface area contributed by atoms with Crippen LogP contribution in [-0.2, 0) is 28.4 Å². The van der Waals surface area contributed by atoms with Crippen LogP contribution in [0.5, 0.6) is 0 Å². The number of fused-ring (bicyclic) bond motifs is 5. The summed E-state index contributed by atoms with van der Waals surface area (Å²) in [5.41, 5.74) is 1.04. The minimum Gasteiger partial charge on any atom is -0.393 e. The van der Waals surface area contributed by atoms with E-state index < -0.39 is 117 Å². The van der Waals surface area contributed by atoms with Crippen LogP contribution >= 0.6 is 0 Å². The lowest BCUT2D eigenvalue weighted by Gasteiger charge is -2.58. The van der Waals surface area contributed by atoms with Crippen molar-refractivity contribution in [3.63, 3.8) is 0 Å². The van der Waals surface area contributed by atoms with Crippen LogP contribution in [-0.4, -0.2) is 168 Å². The minimum absolute atomic E-state index is 0.101. The molecule has 0 radical (unpaired) electrons. The molecule has 7 aliphatic rings. The first-order chi connectivity index (χ1) is 25.9. The van der Waals surface area contributed by atoms with Crippen LogP contribution < -0.4 is 0 Å². The molecule has 7 rings (SSSR count). The van der Waals surface area contributed by atoms with Gasteiger partial charge in [-0.1, -0.05) is 25.5 Å². The van der Waals surface area contributed by atoms with Gasteiger partial charge in [0.05, 0.1) is 37.1 Å². The molecule has 0 amide bonds. The van der Waals surface area contributed by atoms with E-state index >= 15 is 0 Å². The Morgan fingerprint density at radius 1 is 0.727 bits per heavy atom. The van der Waals surface area contributed by atoms with E-state index in [2.05, 4.69) is 19.9 Å². The Balaban J connectivity index is 1.08.